The number of ether oxygens (including phenoxy) is 1. The number of esters is 1. The minimum absolute atomic E-state index is 0. The summed E-state index contributed by atoms with van der Waals surface area (Å²) in [7, 11) is 1.42. The van der Waals surface area contributed by atoms with Crippen LogP contribution in [0, 0.1) is 26.7 Å². The third-order valence-electron chi connectivity index (χ3n) is 2.86. The molecule has 93 valence electrons. The fourth-order valence-electron chi connectivity index (χ4n) is 1.99. The van der Waals surface area contributed by atoms with Crippen molar-refractivity contribution in [2.75, 3.05) is 13.7 Å². The van der Waals surface area contributed by atoms with Crippen LogP contribution < -0.4 is 0 Å². The van der Waals surface area contributed by atoms with Crippen LogP contribution in [0.5, 0.6) is 0 Å². The summed E-state index contributed by atoms with van der Waals surface area (Å²) in [6, 6.07) is 0. The number of hydrogen-bond donors (Lipinski definition) is 1. The molecule has 1 rings (SSSR count). The zero-order valence-corrected chi connectivity index (χ0v) is 10.2. The molecule has 0 aliphatic heterocycles. The second-order valence-corrected chi connectivity index (χ2v) is 3.95. The molecule has 1 saturated carbocycles. The van der Waals surface area contributed by atoms with Gasteiger partial charge in [0.05, 0.1) is 13.0 Å². The third-order valence-corrected chi connectivity index (χ3v) is 2.86. The van der Waals surface area contributed by atoms with Gasteiger partial charge in [0.2, 0.25) is 0 Å². The van der Waals surface area contributed by atoms with Crippen molar-refractivity contribution in [1.82, 2.24) is 0 Å². The molecule has 1 atom stereocenters. The highest BCUT2D eigenvalue weighted by Gasteiger charge is 2.25. The molecule has 1 aliphatic rings. The Morgan fingerprint density at radius 2 is 2.06 bits per heavy atom. The van der Waals surface area contributed by atoms with E-state index in [1.807, 2.05) is 0 Å². The van der Waals surface area contributed by atoms with E-state index in [4.69, 9.17) is 9.84 Å². The van der Waals surface area contributed by atoms with Crippen molar-refractivity contribution in [3.63, 3.8) is 0 Å². The summed E-state index contributed by atoms with van der Waals surface area (Å²) >= 11 is 0. The van der Waals surface area contributed by atoms with E-state index in [2.05, 4.69) is 0 Å². The number of methoxy groups -OCH3 is 1. The van der Waals surface area contributed by atoms with E-state index in [0.29, 0.717) is 6.42 Å². The molecule has 1 fully saturated rings. The van der Waals surface area contributed by atoms with E-state index >= 15 is 0 Å². The van der Waals surface area contributed by atoms with Gasteiger partial charge in [-0.1, -0.05) is 34.1 Å². The first-order valence-corrected chi connectivity index (χ1v) is 5.31. The zero-order valence-electron chi connectivity index (χ0n) is 10.2. The van der Waals surface area contributed by atoms with Gasteiger partial charge in [-0.15, -0.1) is 0 Å². The summed E-state index contributed by atoms with van der Waals surface area (Å²) in [6.45, 7) is 0.181. The Kier molecular flexibility index (Phi) is 10.7. The van der Waals surface area contributed by atoms with E-state index in [9.17, 15) is 4.79 Å². The first kappa shape index (κ1) is 17.8. The number of carbonyl (C=O) groups excluding carboxylic acids is 1. The molecule has 1 unspecified atom stereocenters. The van der Waals surface area contributed by atoms with Gasteiger partial charge >= 0.3 is 5.97 Å². The minimum Gasteiger partial charge on any atom is -0.469 e. The van der Waals surface area contributed by atoms with Gasteiger partial charge < -0.3 is 9.84 Å². The summed E-state index contributed by atoms with van der Waals surface area (Å²) in [5.41, 5.74) is 0. The van der Waals surface area contributed by atoms with Crippen molar-refractivity contribution in [3.8, 4) is 0 Å². The molecule has 0 aromatic heterocycles. The predicted molar refractivity (Wildman–Crippen MR) is 64.3 cm³/mol. The molecule has 3 nitrogen and oxygen atoms in total. The largest absolute Gasteiger partial charge is 0.469 e. The molecule has 0 aromatic rings. The molecule has 0 heterocycles. The number of aliphatic hydroxyl groups excluding tert-OH is 1. The standard InChI is InChI=1S/C11H19O3.2CH2/c1-14-11(13)10-6-4-2-3-5-9(7-10)8-12;;/h9,12H,2-8H2,1H3;2*1H2. The van der Waals surface area contributed by atoms with Gasteiger partial charge in [-0.05, 0) is 25.2 Å². The summed E-state index contributed by atoms with van der Waals surface area (Å²) in [5.74, 6) is 0.918. The van der Waals surface area contributed by atoms with Gasteiger partial charge in [0.15, 0.2) is 0 Å². The predicted octanol–water partition coefficient (Wildman–Crippen LogP) is 2.35. The molecule has 16 heavy (non-hydrogen) atoms. The maximum absolute atomic E-state index is 11.4. The van der Waals surface area contributed by atoms with Crippen LogP contribution in [0.25, 0.3) is 0 Å². The SMILES string of the molecule is COC(=O)[C]1CCCCCC(CO)C1.[CH2].[CH2]. The van der Waals surface area contributed by atoms with Gasteiger partial charge in [-0.25, -0.2) is 0 Å². The normalized spacial score (nSPS) is 22.0. The van der Waals surface area contributed by atoms with Gasteiger partial charge in [0.25, 0.3) is 0 Å². The monoisotopic (exact) mass is 227 g/mol. The summed E-state index contributed by atoms with van der Waals surface area (Å²) in [6.07, 6.45) is 5.96. The molecule has 3 heteroatoms. The van der Waals surface area contributed by atoms with E-state index in [1.54, 1.807) is 0 Å². The highest BCUT2D eigenvalue weighted by Crippen LogP contribution is 2.28. The summed E-state index contributed by atoms with van der Waals surface area (Å²) in [4.78, 5) is 11.4. The molecule has 0 aromatic carbocycles. The number of hydrogen-bond acceptors (Lipinski definition) is 3. The van der Waals surface area contributed by atoms with Crippen molar-refractivity contribution in [1.29, 1.82) is 0 Å². The van der Waals surface area contributed by atoms with Gasteiger partial charge in [0.1, 0.15) is 0 Å². The quantitative estimate of drug-likeness (QED) is 0.737. The Morgan fingerprint density at radius 1 is 1.38 bits per heavy atom. The fraction of sp³-hybridized carbons (Fsp3) is 0.692. The Labute approximate surface area is 100 Å². The van der Waals surface area contributed by atoms with Crippen molar-refractivity contribution in [2.45, 2.75) is 38.5 Å². The zero-order chi connectivity index (χ0) is 10.4. The van der Waals surface area contributed by atoms with E-state index in [-0.39, 0.29) is 33.3 Å². The van der Waals surface area contributed by atoms with E-state index in [1.165, 1.54) is 13.5 Å². The Morgan fingerprint density at radius 3 is 2.62 bits per heavy atom. The fourth-order valence-corrected chi connectivity index (χ4v) is 1.99. The van der Waals surface area contributed by atoms with Crippen LogP contribution in [0.15, 0.2) is 0 Å². The van der Waals surface area contributed by atoms with Gasteiger partial charge in [-0.2, -0.15) is 0 Å². The second-order valence-electron chi connectivity index (χ2n) is 3.95. The molecule has 0 amide bonds. The number of aliphatic hydroxyl groups is 1. The highest BCUT2D eigenvalue weighted by molar-refractivity contribution is 5.84. The average Bonchev–Trinajstić information content (AvgIpc) is 2.17. The lowest BCUT2D eigenvalue weighted by atomic mass is 9.84. The first-order chi connectivity index (χ1) is 6.77. The van der Waals surface area contributed by atoms with Crippen LogP contribution in [0.4, 0.5) is 0 Å². The van der Waals surface area contributed by atoms with E-state index in [0.717, 1.165) is 31.6 Å². The average molecular weight is 227 g/mol. The number of rotatable bonds is 2. The van der Waals surface area contributed by atoms with E-state index < -0.39 is 0 Å². The second kappa shape index (κ2) is 9.64. The van der Waals surface area contributed by atoms with Crippen LogP contribution in [0.2, 0.25) is 0 Å². The molecule has 0 saturated heterocycles. The maximum Gasteiger partial charge on any atom is 0.312 e. The lowest BCUT2D eigenvalue weighted by molar-refractivity contribution is -0.139. The Balaban J connectivity index is 0. The van der Waals surface area contributed by atoms with Gasteiger partial charge in [-0.3, -0.25) is 4.79 Å². The summed E-state index contributed by atoms with van der Waals surface area (Å²) < 4.78 is 4.72. The molecule has 1 aliphatic carbocycles. The van der Waals surface area contributed by atoms with Crippen LogP contribution >= 0.6 is 0 Å². The molecular formula is C13H23O3. The van der Waals surface area contributed by atoms with Crippen LogP contribution in [0.3, 0.4) is 0 Å². The molecule has 0 bridgehead atoms. The first-order valence-electron chi connectivity index (χ1n) is 5.31. The topological polar surface area (TPSA) is 46.5 Å². The van der Waals surface area contributed by atoms with Crippen LogP contribution in [0.1, 0.15) is 38.5 Å². The number of carbonyl (C=O) groups is 1. The minimum atomic E-state index is -0.189. The van der Waals surface area contributed by atoms with Crippen molar-refractivity contribution in [2.24, 2.45) is 5.92 Å². The maximum atomic E-state index is 11.4. The molecular weight excluding hydrogens is 204 g/mol. The van der Waals surface area contributed by atoms with Gasteiger partial charge in [0, 0.05) is 6.61 Å². The summed E-state index contributed by atoms with van der Waals surface area (Å²) in [5, 5.41) is 9.11. The highest BCUT2D eigenvalue weighted by atomic mass is 16.5. The Hall–Kier alpha value is -0.570. The molecule has 0 spiro atoms. The molecule has 5 radical (unpaired) electrons. The van der Waals surface area contributed by atoms with Crippen molar-refractivity contribution in [3.05, 3.63) is 20.8 Å². The lowest BCUT2D eigenvalue weighted by Gasteiger charge is -2.22. The molecule has 1 N–H and O–H groups in total. The van der Waals surface area contributed by atoms with Crippen LogP contribution in [-0.4, -0.2) is 24.8 Å². The Bertz CT molecular complexity index is 180. The van der Waals surface area contributed by atoms with Crippen LogP contribution in [-0.2, 0) is 9.53 Å². The third kappa shape index (κ3) is 5.50. The van der Waals surface area contributed by atoms with Crippen molar-refractivity contribution >= 4 is 5.97 Å². The van der Waals surface area contributed by atoms with Crippen molar-refractivity contribution < 1.29 is 14.6 Å². The lowest BCUT2D eigenvalue weighted by Crippen LogP contribution is -2.21. The smallest absolute Gasteiger partial charge is 0.312 e.